The van der Waals surface area contributed by atoms with E-state index in [0.29, 0.717) is 0 Å². The molecule has 4 aromatic carbocycles. The van der Waals surface area contributed by atoms with Gasteiger partial charge in [-0.2, -0.15) is 0 Å². The van der Waals surface area contributed by atoms with Crippen molar-refractivity contribution in [3.05, 3.63) is 150 Å². The van der Waals surface area contributed by atoms with Crippen molar-refractivity contribution < 1.29 is 0 Å². The smallest absolute Gasteiger partial charge is 0.0367 e. The number of benzene rings is 4. The fraction of sp³-hybridized carbons (Fsp3) is 0.0667. The van der Waals surface area contributed by atoms with Gasteiger partial charge < -0.3 is 4.90 Å². The van der Waals surface area contributed by atoms with E-state index < -0.39 is 0 Å². The van der Waals surface area contributed by atoms with Crippen LogP contribution >= 0.6 is 0 Å². The molecule has 0 atom stereocenters. The van der Waals surface area contributed by atoms with Crippen LogP contribution in [0.2, 0.25) is 0 Å². The fourth-order valence-corrected chi connectivity index (χ4v) is 3.69. The van der Waals surface area contributed by atoms with Gasteiger partial charge in [0.15, 0.2) is 0 Å². The summed E-state index contributed by atoms with van der Waals surface area (Å²) in [5.74, 6) is 0. The van der Waals surface area contributed by atoms with Gasteiger partial charge in [0.25, 0.3) is 0 Å². The summed E-state index contributed by atoms with van der Waals surface area (Å²) < 4.78 is 0. The molecular formula is C30H27N. The van der Waals surface area contributed by atoms with Crippen molar-refractivity contribution >= 4 is 16.8 Å². The first-order chi connectivity index (χ1) is 15.2. The summed E-state index contributed by atoms with van der Waals surface area (Å²) in [6.45, 7) is 0. The lowest BCUT2D eigenvalue weighted by molar-refractivity contribution is 1.13. The van der Waals surface area contributed by atoms with Crippen LogP contribution in [-0.4, -0.2) is 14.1 Å². The van der Waals surface area contributed by atoms with E-state index in [4.69, 9.17) is 0 Å². The van der Waals surface area contributed by atoms with Crippen LogP contribution in [0.5, 0.6) is 0 Å². The lowest BCUT2D eigenvalue weighted by atomic mass is 9.94. The first kappa shape index (κ1) is 20.4. The van der Waals surface area contributed by atoms with Gasteiger partial charge in [0, 0.05) is 19.8 Å². The third-order valence-electron chi connectivity index (χ3n) is 5.34. The van der Waals surface area contributed by atoms with E-state index in [1.165, 1.54) is 39.1 Å². The number of nitrogens with zero attached hydrogens (tertiary/aromatic N) is 1. The first-order valence-corrected chi connectivity index (χ1v) is 10.6. The summed E-state index contributed by atoms with van der Waals surface area (Å²) in [6, 6.07) is 40.5. The predicted molar refractivity (Wildman–Crippen MR) is 134 cm³/mol. The lowest BCUT2D eigenvalue weighted by Gasteiger charge is -2.15. The Bertz CT molecular complexity index is 1130. The molecule has 0 aliphatic carbocycles. The molecule has 0 amide bonds. The zero-order chi connectivity index (χ0) is 21.5. The van der Waals surface area contributed by atoms with E-state index in [-0.39, 0.29) is 0 Å². The SMILES string of the molecule is CN(C)c1cccc(C(=CC=C(c2ccccc2)c2ccccc2)c2ccccc2)c1. The van der Waals surface area contributed by atoms with Gasteiger partial charge in [-0.05, 0) is 45.5 Å². The highest BCUT2D eigenvalue weighted by atomic mass is 15.1. The molecule has 1 heteroatoms. The van der Waals surface area contributed by atoms with Crippen molar-refractivity contribution in [1.82, 2.24) is 0 Å². The molecule has 0 saturated carbocycles. The van der Waals surface area contributed by atoms with Crippen LogP contribution in [0.4, 0.5) is 5.69 Å². The maximum atomic E-state index is 2.25. The second-order valence-electron chi connectivity index (χ2n) is 7.70. The number of allylic oxidation sites excluding steroid dienone is 2. The Morgan fingerprint density at radius 3 is 1.29 bits per heavy atom. The molecule has 0 saturated heterocycles. The molecule has 0 unspecified atom stereocenters. The topological polar surface area (TPSA) is 3.24 Å². The molecule has 0 bridgehead atoms. The number of anilines is 1. The Kier molecular flexibility index (Phi) is 6.44. The molecule has 31 heavy (non-hydrogen) atoms. The molecule has 0 radical (unpaired) electrons. The van der Waals surface area contributed by atoms with Gasteiger partial charge in [-0.3, -0.25) is 0 Å². The highest BCUT2D eigenvalue weighted by Gasteiger charge is 2.08. The van der Waals surface area contributed by atoms with Crippen molar-refractivity contribution in [2.24, 2.45) is 0 Å². The second kappa shape index (κ2) is 9.77. The average Bonchev–Trinajstić information content (AvgIpc) is 2.84. The largest absolute Gasteiger partial charge is 0.378 e. The molecule has 0 aliphatic rings. The van der Waals surface area contributed by atoms with E-state index in [2.05, 4.69) is 146 Å². The normalized spacial score (nSPS) is 11.1. The van der Waals surface area contributed by atoms with Crippen LogP contribution in [0.25, 0.3) is 11.1 Å². The number of hydrogen-bond donors (Lipinski definition) is 0. The van der Waals surface area contributed by atoms with Gasteiger partial charge in [-0.25, -0.2) is 0 Å². The van der Waals surface area contributed by atoms with Gasteiger partial charge in [-0.1, -0.05) is 115 Å². The molecule has 0 fully saturated rings. The maximum Gasteiger partial charge on any atom is 0.0367 e. The Morgan fingerprint density at radius 2 is 0.871 bits per heavy atom. The fourth-order valence-electron chi connectivity index (χ4n) is 3.69. The Hall–Kier alpha value is -3.84. The van der Waals surface area contributed by atoms with Gasteiger partial charge >= 0.3 is 0 Å². The average molecular weight is 402 g/mol. The lowest BCUT2D eigenvalue weighted by Crippen LogP contribution is -2.08. The van der Waals surface area contributed by atoms with Gasteiger partial charge in [-0.15, -0.1) is 0 Å². The zero-order valence-corrected chi connectivity index (χ0v) is 18.1. The highest BCUT2D eigenvalue weighted by Crippen LogP contribution is 2.29. The third-order valence-corrected chi connectivity index (χ3v) is 5.34. The Morgan fingerprint density at radius 1 is 0.484 bits per heavy atom. The first-order valence-electron chi connectivity index (χ1n) is 10.6. The van der Waals surface area contributed by atoms with Crippen molar-refractivity contribution in [3.63, 3.8) is 0 Å². The van der Waals surface area contributed by atoms with Crippen molar-refractivity contribution in [2.45, 2.75) is 0 Å². The highest BCUT2D eigenvalue weighted by molar-refractivity contribution is 5.86. The molecule has 4 aromatic rings. The quantitative estimate of drug-likeness (QED) is 0.306. The summed E-state index contributed by atoms with van der Waals surface area (Å²) >= 11 is 0. The third kappa shape index (κ3) is 5.02. The minimum absolute atomic E-state index is 1.19. The van der Waals surface area contributed by atoms with Crippen LogP contribution in [0.3, 0.4) is 0 Å². The molecule has 4 rings (SSSR count). The van der Waals surface area contributed by atoms with Crippen molar-refractivity contribution in [2.75, 3.05) is 19.0 Å². The molecule has 152 valence electrons. The maximum absolute atomic E-state index is 2.25. The van der Waals surface area contributed by atoms with E-state index >= 15 is 0 Å². The second-order valence-corrected chi connectivity index (χ2v) is 7.70. The van der Waals surface area contributed by atoms with Crippen LogP contribution in [0.15, 0.2) is 127 Å². The minimum Gasteiger partial charge on any atom is -0.378 e. The molecule has 1 nitrogen and oxygen atoms in total. The standard InChI is InChI=1S/C30H27N/c1-31(2)28-20-12-19-27(23-28)30(26-17-10-5-11-18-26)22-21-29(24-13-6-3-7-14-24)25-15-8-4-9-16-25/h3-23H,1-2H3. The van der Waals surface area contributed by atoms with E-state index in [0.717, 1.165) is 0 Å². The number of rotatable bonds is 6. The Balaban J connectivity index is 1.88. The minimum atomic E-state index is 1.19. The van der Waals surface area contributed by atoms with E-state index in [1.54, 1.807) is 0 Å². The summed E-state index contributed by atoms with van der Waals surface area (Å²) in [6.07, 6.45) is 4.49. The molecule has 0 spiro atoms. The van der Waals surface area contributed by atoms with Gasteiger partial charge in [0.05, 0.1) is 0 Å². The molecule has 0 aromatic heterocycles. The van der Waals surface area contributed by atoms with E-state index in [9.17, 15) is 0 Å². The molecule has 0 N–H and O–H groups in total. The van der Waals surface area contributed by atoms with Crippen molar-refractivity contribution in [3.8, 4) is 0 Å². The molecular weight excluding hydrogens is 374 g/mol. The van der Waals surface area contributed by atoms with Gasteiger partial charge in [0.2, 0.25) is 0 Å². The Labute approximate surface area is 185 Å². The zero-order valence-electron chi connectivity index (χ0n) is 18.1. The van der Waals surface area contributed by atoms with Crippen LogP contribution in [0.1, 0.15) is 22.3 Å². The van der Waals surface area contributed by atoms with Crippen LogP contribution in [-0.2, 0) is 0 Å². The summed E-state index contributed by atoms with van der Waals surface area (Å²) in [5.41, 5.74) is 8.42. The predicted octanol–water partition coefficient (Wildman–Crippen LogP) is 7.32. The molecule has 0 heterocycles. The molecule has 0 aliphatic heterocycles. The van der Waals surface area contributed by atoms with Crippen LogP contribution in [0, 0.1) is 0 Å². The van der Waals surface area contributed by atoms with Crippen molar-refractivity contribution in [1.29, 1.82) is 0 Å². The van der Waals surface area contributed by atoms with E-state index in [1.807, 2.05) is 0 Å². The summed E-state index contributed by atoms with van der Waals surface area (Å²) in [5, 5.41) is 0. The number of hydrogen-bond acceptors (Lipinski definition) is 1. The van der Waals surface area contributed by atoms with Gasteiger partial charge in [0.1, 0.15) is 0 Å². The van der Waals surface area contributed by atoms with Crippen LogP contribution < -0.4 is 4.90 Å². The summed E-state index contributed by atoms with van der Waals surface area (Å²) in [7, 11) is 4.15. The summed E-state index contributed by atoms with van der Waals surface area (Å²) in [4.78, 5) is 2.14. The monoisotopic (exact) mass is 401 g/mol.